The number of rotatable bonds is 3. The molecule has 1 unspecified atom stereocenters. The molecule has 1 aliphatic rings. The molecule has 1 aromatic heterocycles. The minimum absolute atomic E-state index is 0.200. The van der Waals surface area contributed by atoms with Gasteiger partial charge in [0.2, 0.25) is 0 Å². The molecule has 1 atom stereocenters. The maximum atomic E-state index is 11.4. The molecule has 3 rings (SSSR count). The summed E-state index contributed by atoms with van der Waals surface area (Å²) in [6.07, 6.45) is 1.80. The minimum Gasteiger partial charge on any atom is -0.478 e. The van der Waals surface area contributed by atoms with Gasteiger partial charge >= 0.3 is 5.97 Å². The van der Waals surface area contributed by atoms with Crippen molar-refractivity contribution in [3.63, 3.8) is 0 Å². The third-order valence-electron chi connectivity index (χ3n) is 3.99. The highest BCUT2D eigenvalue weighted by Crippen LogP contribution is 2.38. The second-order valence-corrected chi connectivity index (χ2v) is 6.97. The van der Waals surface area contributed by atoms with Gasteiger partial charge in [0, 0.05) is 17.1 Å². The van der Waals surface area contributed by atoms with Crippen molar-refractivity contribution in [2.75, 3.05) is 11.4 Å². The van der Waals surface area contributed by atoms with Crippen molar-refractivity contribution in [3.05, 3.63) is 50.7 Å². The van der Waals surface area contributed by atoms with Crippen molar-refractivity contribution >= 4 is 34.6 Å². The summed E-state index contributed by atoms with van der Waals surface area (Å²) in [7, 11) is 0. The standard InChI is InChI=1S/C16H16ClNO2S/c1-10(14-7-8-15(17)21-14)18-9-3-5-11-12(16(19)20)4-2-6-13(11)18/h2,4,6-8,10H,3,5,9H2,1H3,(H,19,20). The van der Waals surface area contributed by atoms with Gasteiger partial charge in [-0.05, 0) is 49.6 Å². The first-order valence-corrected chi connectivity index (χ1v) is 8.14. The van der Waals surface area contributed by atoms with Gasteiger partial charge in [0.05, 0.1) is 15.9 Å². The van der Waals surface area contributed by atoms with Gasteiger partial charge in [-0.1, -0.05) is 17.7 Å². The number of halogens is 1. The maximum Gasteiger partial charge on any atom is 0.336 e. The summed E-state index contributed by atoms with van der Waals surface area (Å²) < 4.78 is 0.786. The number of nitrogens with zero attached hydrogens (tertiary/aromatic N) is 1. The second-order valence-electron chi connectivity index (χ2n) is 5.22. The molecule has 110 valence electrons. The number of benzene rings is 1. The van der Waals surface area contributed by atoms with E-state index >= 15 is 0 Å². The van der Waals surface area contributed by atoms with Crippen molar-refractivity contribution in [2.45, 2.75) is 25.8 Å². The molecule has 3 nitrogen and oxygen atoms in total. The van der Waals surface area contributed by atoms with Crippen molar-refractivity contribution in [2.24, 2.45) is 0 Å². The number of fused-ring (bicyclic) bond motifs is 1. The molecule has 0 saturated carbocycles. The first-order valence-electron chi connectivity index (χ1n) is 6.95. The smallest absolute Gasteiger partial charge is 0.336 e. The van der Waals surface area contributed by atoms with Crippen LogP contribution in [0.5, 0.6) is 0 Å². The van der Waals surface area contributed by atoms with E-state index in [1.165, 1.54) is 4.88 Å². The first kappa shape index (κ1) is 14.4. The second kappa shape index (κ2) is 5.70. The number of thiophene rings is 1. The van der Waals surface area contributed by atoms with Gasteiger partial charge in [0.25, 0.3) is 0 Å². The highest BCUT2D eigenvalue weighted by Gasteiger charge is 2.26. The molecule has 1 N–H and O–H groups in total. The molecule has 2 heterocycles. The lowest BCUT2D eigenvalue weighted by Crippen LogP contribution is -2.32. The van der Waals surface area contributed by atoms with E-state index in [2.05, 4.69) is 11.8 Å². The fourth-order valence-corrected chi connectivity index (χ4v) is 4.09. The topological polar surface area (TPSA) is 40.5 Å². The largest absolute Gasteiger partial charge is 0.478 e. The zero-order chi connectivity index (χ0) is 15.0. The Morgan fingerprint density at radius 1 is 1.38 bits per heavy atom. The van der Waals surface area contributed by atoms with E-state index in [0.717, 1.165) is 35.0 Å². The summed E-state index contributed by atoms with van der Waals surface area (Å²) in [6, 6.07) is 9.70. The van der Waals surface area contributed by atoms with Crippen molar-refractivity contribution in [1.29, 1.82) is 0 Å². The third-order valence-corrected chi connectivity index (χ3v) is 5.39. The van der Waals surface area contributed by atoms with E-state index in [-0.39, 0.29) is 6.04 Å². The Bertz CT molecular complexity index is 683. The van der Waals surface area contributed by atoms with Gasteiger partial charge in [-0.15, -0.1) is 11.3 Å². The van der Waals surface area contributed by atoms with Crippen molar-refractivity contribution in [3.8, 4) is 0 Å². The Morgan fingerprint density at radius 2 is 2.19 bits per heavy atom. The summed E-state index contributed by atoms with van der Waals surface area (Å²) in [5.74, 6) is -0.847. The van der Waals surface area contributed by atoms with Crippen LogP contribution >= 0.6 is 22.9 Å². The van der Waals surface area contributed by atoms with E-state index in [4.69, 9.17) is 11.6 Å². The molecule has 0 aliphatic carbocycles. The van der Waals surface area contributed by atoms with Crippen LogP contribution in [0.3, 0.4) is 0 Å². The van der Waals surface area contributed by atoms with Crippen LogP contribution in [0.2, 0.25) is 4.34 Å². The lowest BCUT2D eigenvalue weighted by molar-refractivity contribution is 0.0695. The predicted molar refractivity (Wildman–Crippen MR) is 86.8 cm³/mol. The average Bonchev–Trinajstić information content (AvgIpc) is 2.91. The number of hydrogen-bond donors (Lipinski definition) is 1. The summed E-state index contributed by atoms with van der Waals surface area (Å²) in [4.78, 5) is 14.9. The van der Waals surface area contributed by atoms with E-state index in [1.54, 1.807) is 17.4 Å². The Morgan fingerprint density at radius 3 is 2.86 bits per heavy atom. The molecule has 0 bridgehead atoms. The minimum atomic E-state index is -0.847. The molecule has 5 heteroatoms. The number of hydrogen-bond acceptors (Lipinski definition) is 3. The maximum absolute atomic E-state index is 11.4. The Kier molecular flexibility index (Phi) is 3.91. The predicted octanol–water partition coefficient (Wildman–Crippen LogP) is 4.61. The molecule has 21 heavy (non-hydrogen) atoms. The van der Waals surface area contributed by atoms with Gasteiger partial charge in [-0.3, -0.25) is 0 Å². The van der Waals surface area contributed by atoms with Gasteiger partial charge < -0.3 is 10.0 Å². The van der Waals surface area contributed by atoms with Crippen molar-refractivity contribution in [1.82, 2.24) is 0 Å². The normalized spacial score (nSPS) is 15.6. The molecule has 0 fully saturated rings. The van der Waals surface area contributed by atoms with Gasteiger partial charge in [-0.2, -0.15) is 0 Å². The first-order chi connectivity index (χ1) is 10.1. The summed E-state index contributed by atoms with van der Waals surface area (Å²) >= 11 is 7.61. The molecule has 1 aromatic carbocycles. The van der Waals surface area contributed by atoms with Crippen LogP contribution in [0.15, 0.2) is 30.3 Å². The van der Waals surface area contributed by atoms with E-state index in [1.807, 2.05) is 24.3 Å². The van der Waals surface area contributed by atoms with Gasteiger partial charge in [0.15, 0.2) is 0 Å². The van der Waals surface area contributed by atoms with Crippen LogP contribution in [0.1, 0.15) is 40.2 Å². The lowest BCUT2D eigenvalue weighted by atomic mass is 9.95. The number of carboxylic acid groups (broad SMARTS) is 1. The fraction of sp³-hybridized carbons (Fsp3) is 0.312. The Hall–Kier alpha value is -1.52. The third kappa shape index (κ3) is 2.65. The molecule has 2 aromatic rings. The molecule has 0 amide bonds. The van der Waals surface area contributed by atoms with Crippen molar-refractivity contribution < 1.29 is 9.90 Å². The molecule has 0 radical (unpaired) electrons. The van der Waals surface area contributed by atoms with Crippen LogP contribution < -0.4 is 4.90 Å². The SMILES string of the molecule is CC(c1ccc(Cl)s1)N1CCCc2c(C(=O)O)cccc21. The lowest BCUT2D eigenvalue weighted by Gasteiger charge is -2.36. The van der Waals surface area contributed by atoms with Crippen LogP contribution in [-0.2, 0) is 6.42 Å². The molecule has 1 aliphatic heterocycles. The number of carboxylic acids is 1. The molecule has 0 saturated heterocycles. The highest BCUT2D eigenvalue weighted by atomic mass is 35.5. The Balaban J connectivity index is 2.01. The molecule has 0 spiro atoms. The zero-order valence-corrected chi connectivity index (χ0v) is 13.2. The molecular formula is C16H16ClNO2S. The monoisotopic (exact) mass is 321 g/mol. The van der Waals surface area contributed by atoms with E-state index < -0.39 is 5.97 Å². The quantitative estimate of drug-likeness (QED) is 0.897. The fourth-order valence-electron chi connectivity index (χ4n) is 2.96. The van der Waals surface area contributed by atoms with Crippen LogP contribution in [0.4, 0.5) is 5.69 Å². The van der Waals surface area contributed by atoms with Crippen LogP contribution in [0.25, 0.3) is 0 Å². The van der Waals surface area contributed by atoms with Gasteiger partial charge in [-0.25, -0.2) is 4.79 Å². The van der Waals surface area contributed by atoms with Crippen LogP contribution in [0, 0.1) is 0 Å². The van der Waals surface area contributed by atoms with Crippen LogP contribution in [-0.4, -0.2) is 17.6 Å². The average molecular weight is 322 g/mol. The number of anilines is 1. The Labute approximate surface area is 132 Å². The summed E-state index contributed by atoms with van der Waals surface area (Å²) in [5.41, 5.74) is 2.41. The number of aromatic carboxylic acids is 1. The number of carbonyl (C=O) groups is 1. The highest BCUT2D eigenvalue weighted by molar-refractivity contribution is 7.16. The van der Waals surface area contributed by atoms with Gasteiger partial charge in [0.1, 0.15) is 0 Å². The van der Waals surface area contributed by atoms with E-state index in [9.17, 15) is 9.90 Å². The van der Waals surface area contributed by atoms with E-state index in [0.29, 0.717) is 5.56 Å². The zero-order valence-electron chi connectivity index (χ0n) is 11.7. The summed E-state index contributed by atoms with van der Waals surface area (Å²) in [5, 5.41) is 9.35. The summed E-state index contributed by atoms with van der Waals surface area (Å²) in [6.45, 7) is 3.08. The molecular weight excluding hydrogens is 306 g/mol.